The number of hydrogen-bond donors (Lipinski definition) is 3. The van der Waals surface area contributed by atoms with Crippen molar-refractivity contribution in [1.29, 1.82) is 0 Å². The van der Waals surface area contributed by atoms with Crippen LogP contribution < -0.4 is 11.1 Å². The van der Waals surface area contributed by atoms with Gasteiger partial charge in [0.05, 0.1) is 11.0 Å². The number of primary amides is 1. The predicted molar refractivity (Wildman–Crippen MR) is 139 cm³/mol. The molecule has 1 atom stereocenters. The second-order valence-corrected chi connectivity index (χ2v) is 9.52. The Morgan fingerprint density at radius 1 is 1.28 bits per heavy atom. The zero-order valence-electron chi connectivity index (χ0n) is 21.4. The van der Waals surface area contributed by atoms with Crippen LogP contribution in [0.4, 0.5) is 14.6 Å². The third-order valence-electron chi connectivity index (χ3n) is 5.90. The highest BCUT2D eigenvalue weighted by Gasteiger charge is 2.32. The number of aliphatic hydroxyl groups is 1. The van der Waals surface area contributed by atoms with Crippen LogP contribution in [-0.4, -0.2) is 57.0 Å². The van der Waals surface area contributed by atoms with Gasteiger partial charge in [-0.25, -0.2) is 18.7 Å². The second-order valence-electron chi connectivity index (χ2n) is 8.52. The number of amides is 2. The van der Waals surface area contributed by atoms with E-state index in [0.29, 0.717) is 18.9 Å². The lowest BCUT2D eigenvalue weighted by molar-refractivity contribution is 0.0742. The molecule has 0 spiro atoms. The lowest BCUT2D eigenvalue weighted by atomic mass is 9.97. The van der Waals surface area contributed by atoms with Crippen LogP contribution in [0, 0.1) is 0 Å². The number of alkyl halides is 2. The Hall–Kier alpha value is -2.66. The minimum Gasteiger partial charge on any atom is -0.393 e. The van der Waals surface area contributed by atoms with Crippen molar-refractivity contribution >= 4 is 29.0 Å². The smallest absolute Gasteiger partial charge is 0.277 e. The zero-order valence-corrected chi connectivity index (χ0v) is 22.2. The van der Waals surface area contributed by atoms with Crippen molar-refractivity contribution in [3.8, 4) is 10.4 Å². The molecule has 1 unspecified atom stereocenters. The SMILES string of the molecule is CC.CCCNc1cc(C(F)F)c(-c2sc(C(N)=O)nc2C(=O)N2CCCC2C)cn1.OC1CCC1. The lowest BCUT2D eigenvalue weighted by Crippen LogP contribution is -2.34. The number of halogens is 2. The molecule has 0 bridgehead atoms. The Kier molecular flexibility index (Phi) is 11.6. The number of likely N-dealkylation sites (tertiary alicyclic amines) is 1. The summed E-state index contributed by atoms with van der Waals surface area (Å²) in [5.74, 6) is -0.869. The van der Waals surface area contributed by atoms with Gasteiger partial charge in [-0.15, -0.1) is 11.3 Å². The first kappa shape index (κ1) is 29.6. The molecule has 0 aromatic carbocycles. The molecule has 11 heteroatoms. The van der Waals surface area contributed by atoms with Crippen molar-refractivity contribution in [3.63, 3.8) is 0 Å². The van der Waals surface area contributed by atoms with Crippen molar-refractivity contribution in [2.45, 2.75) is 84.8 Å². The number of rotatable bonds is 7. The van der Waals surface area contributed by atoms with E-state index in [4.69, 9.17) is 10.8 Å². The summed E-state index contributed by atoms with van der Waals surface area (Å²) in [6.45, 7) is 9.03. The number of carbonyl (C=O) groups is 2. The number of thiazole rings is 1. The number of nitrogens with zero attached hydrogens (tertiary/aromatic N) is 3. The van der Waals surface area contributed by atoms with Crippen molar-refractivity contribution in [2.24, 2.45) is 5.73 Å². The van der Waals surface area contributed by atoms with Crippen LogP contribution in [0.15, 0.2) is 12.3 Å². The number of aromatic nitrogens is 2. The average Bonchev–Trinajstić information content (AvgIpc) is 3.49. The fourth-order valence-corrected chi connectivity index (χ4v) is 4.64. The number of carbonyl (C=O) groups excluding carboxylic acids is 2. The van der Waals surface area contributed by atoms with Gasteiger partial charge in [0.25, 0.3) is 18.2 Å². The van der Waals surface area contributed by atoms with Gasteiger partial charge in [-0.3, -0.25) is 9.59 Å². The average molecular weight is 526 g/mol. The van der Waals surface area contributed by atoms with Gasteiger partial charge in [0, 0.05) is 36.5 Å². The van der Waals surface area contributed by atoms with Gasteiger partial charge in [-0.1, -0.05) is 20.8 Å². The Morgan fingerprint density at radius 3 is 2.42 bits per heavy atom. The molecular weight excluding hydrogens is 488 g/mol. The molecule has 4 rings (SSSR count). The van der Waals surface area contributed by atoms with E-state index in [1.807, 2.05) is 27.7 Å². The first-order valence-corrected chi connectivity index (χ1v) is 13.4. The van der Waals surface area contributed by atoms with Gasteiger partial charge < -0.3 is 21.1 Å². The molecule has 2 aromatic heterocycles. The van der Waals surface area contributed by atoms with Crippen LogP contribution in [0.2, 0.25) is 0 Å². The minimum atomic E-state index is -2.79. The third-order valence-corrected chi connectivity index (χ3v) is 7.00. The Balaban J connectivity index is 0.000000570. The molecule has 200 valence electrons. The first-order valence-electron chi connectivity index (χ1n) is 12.5. The quantitative estimate of drug-likeness (QED) is 0.454. The summed E-state index contributed by atoms with van der Waals surface area (Å²) in [4.78, 5) is 34.9. The molecule has 8 nitrogen and oxygen atoms in total. The lowest BCUT2D eigenvalue weighted by Gasteiger charge is -2.21. The van der Waals surface area contributed by atoms with E-state index in [0.717, 1.165) is 43.4 Å². The molecule has 2 amide bonds. The molecule has 2 aliphatic rings. The van der Waals surface area contributed by atoms with Gasteiger partial charge in [-0.2, -0.15) is 0 Å². The maximum atomic E-state index is 13.8. The van der Waals surface area contributed by atoms with Crippen LogP contribution in [0.25, 0.3) is 10.4 Å². The van der Waals surface area contributed by atoms with Crippen LogP contribution in [0.5, 0.6) is 0 Å². The van der Waals surface area contributed by atoms with E-state index < -0.39 is 12.3 Å². The molecule has 0 radical (unpaired) electrons. The van der Waals surface area contributed by atoms with E-state index in [-0.39, 0.29) is 44.8 Å². The van der Waals surface area contributed by atoms with Crippen LogP contribution in [0.1, 0.15) is 98.5 Å². The standard InChI is InChI=1S/C19H23F2N5O2S.C4H8O.C2H6/c1-3-6-23-13-8-11(16(20)21)12(9-24-13)15-14(25-18(29-15)17(22)27)19(28)26-7-4-5-10(26)2;5-4-2-1-3-4;1-2/h8-10,16H,3-7H2,1-2H3,(H2,22,27)(H,23,24);4-5H,1-3H2;1-2H3. The largest absolute Gasteiger partial charge is 0.393 e. The summed E-state index contributed by atoms with van der Waals surface area (Å²) in [7, 11) is 0. The van der Waals surface area contributed by atoms with Crippen molar-refractivity contribution in [3.05, 3.63) is 28.5 Å². The van der Waals surface area contributed by atoms with Crippen molar-refractivity contribution < 1.29 is 23.5 Å². The van der Waals surface area contributed by atoms with E-state index in [2.05, 4.69) is 15.3 Å². The summed E-state index contributed by atoms with van der Waals surface area (Å²) in [6.07, 6.45) is 4.42. The topological polar surface area (TPSA) is 121 Å². The summed E-state index contributed by atoms with van der Waals surface area (Å²) >= 11 is 0.837. The fraction of sp³-hybridized carbons (Fsp3) is 0.600. The number of nitrogens with one attached hydrogen (secondary N) is 1. The van der Waals surface area contributed by atoms with Crippen molar-refractivity contribution in [1.82, 2.24) is 14.9 Å². The maximum Gasteiger partial charge on any atom is 0.277 e. The van der Waals surface area contributed by atoms with E-state index in [1.165, 1.54) is 18.7 Å². The number of nitrogens with two attached hydrogens (primary N) is 1. The predicted octanol–water partition coefficient (Wildman–Crippen LogP) is 5.25. The van der Waals surface area contributed by atoms with Gasteiger partial charge in [0.15, 0.2) is 5.01 Å². The van der Waals surface area contributed by atoms with Crippen LogP contribution >= 0.6 is 11.3 Å². The maximum absolute atomic E-state index is 13.8. The fourth-order valence-electron chi connectivity index (χ4n) is 3.70. The Morgan fingerprint density at radius 2 is 1.94 bits per heavy atom. The van der Waals surface area contributed by atoms with E-state index in [9.17, 15) is 18.4 Å². The molecular formula is C25H37F2N5O3S. The molecule has 1 aliphatic heterocycles. The number of hydrogen-bond acceptors (Lipinski definition) is 7. The Bertz CT molecular complexity index is 1010. The van der Waals surface area contributed by atoms with E-state index in [1.54, 1.807) is 4.90 Å². The third kappa shape index (κ3) is 7.42. The second kappa shape index (κ2) is 14.2. The molecule has 1 aliphatic carbocycles. The highest BCUT2D eigenvalue weighted by atomic mass is 32.1. The summed E-state index contributed by atoms with van der Waals surface area (Å²) in [5, 5.41) is 11.3. The van der Waals surface area contributed by atoms with Gasteiger partial charge in [0.2, 0.25) is 0 Å². The zero-order chi connectivity index (χ0) is 26.8. The molecule has 4 N–H and O–H groups in total. The normalized spacial score (nSPS) is 17.0. The van der Waals surface area contributed by atoms with Gasteiger partial charge in [-0.05, 0) is 51.5 Å². The van der Waals surface area contributed by atoms with Gasteiger partial charge >= 0.3 is 0 Å². The van der Waals surface area contributed by atoms with Gasteiger partial charge in [0.1, 0.15) is 11.5 Å². The highest BCUT2D eigenvalue weighted by molar-refractivity contribution is 7.17. The van der Waals surface area contributed by atoms with Crippen molar-refractivity contribution in [2.75, 3.05) is 18.4 Å². The monoisotopic (exact) mass is 525 g/mol. The first-order chi connectivity index (χ1) is 17.2. The number of anilines is 1. The van der Waals surface area contributed by atoms with Crippen LogP contribution in [0.3, 0.4) is 0 Å². The molecule has 1 saturated heterocycles. The Labute approximate surface area is 215 Å². The molecule has 2 fully saturated rings. The number of aliphatic hydroxyl groups excluding tert-OH is 1. The minimum absolute atomic E-state index is 0.0161. The molecule has 2 aromatic rings. The van der Waals surface area contributed by atoms with E-state index >= 15 is 0 Å². The molecule has 36 heavy (non-hydrogen) atoms. The summed E-state index contributed by atoms with van der Waals surface area (Å²) < 4.78 is 27.6. The molecule has 1 saturated carbocycles. The molecule has 3 heterocycles. The number of pyridine rings is 1. The summed E-state index contributed by atoms with van der Waals surface area (Å²) in [5.41, 5.74) is 5.12. The van der Waals surface area contributed by atoms with Crippen LogP contribution in [-0.2, 0) is 0 Å². The summed E-state index contributed by atoms with van der Waals surface area (Å²) in [6, 6.07) is 1.29. The highest BCUT2D eigenvalue weighted by Crippen LogP contribution is 2.38.